The van der Waals surface area contributed by atoms with Crippen molar-refractivity contribution in [1.29, 1.82) is 0 Å². The van der Waals surface area contributed by atoms with E-state index in [1.807, 2.05) is 60.0 Å². The van der Waals surface area contributed by atoms with Gasteiger partial charge in [0.25, 0.3) is 0 Å². The van der Waals surface area contributed by atoms with Gasteiger partial charge < -0.3 is 9.32 Å². The summed E-state index contributed by atoms with van der Waals surface area (Å²) < 4.78 is 7.91. The highest BCUT2D eigenvalue weighted by Crippen LogP contribution is 2.33. The molecule has 1 aliphatic rings. The molecule has 5 rings (SSSR count). The predicted molar refractivity (Wildman–Crippen MR) is 122 cm³/mol. The summed E-state index contributed by atoms with van der Waals surface area (Å²) in [4.78, 5) is 2.25. The summed E-state index contributed by atoms with van der Waals surface area (Å²) in [6, 6.07) is 15.8. The molecule has 31 heavy (non-hydrogen) atoms. The molecule has 2 aromatic carbocycles. The molecule has 1 aliphatic heterocycles. The Bertz CT molecular complexity index is 1200. The molecule has 0 unspecified atom stereocenters. The van der Waals surface area contributed by atoms with Crippen LogP contribution in [0.3, 0.4) is 0 Å². The third-order valence-electron chi connectivity index (χ3n) is 5.16. The summed E-state index contributed by atoms with van der Waals surface area (Å²) in [6.07, 6.45) is 2.31. The fraction of sp³-hybridized carbons (Fsp3) is 0.273. The molecule has 2 aromatic heterocycles. The Morgan fingerprint density at radius 3 is 2.65 bits per heavy atom. The van der Waals surface area contributed by atoms with Gasteiger partial charge in [0, 0.05) is 18.7 Å². The molecule has 7 nitrogen and oxygen atoms in total. The van der Waals surface area contributed by atoms with Crippen molar-refractivity contribution in [2.45, 2.75) is 30.7 Å². The van der Waals surface area contributed by atoms with E-state index in [-0.39, 0.29) is 0 Å². The number of hydrogen-bond acceptors (Lipinski definition) is 7. The number of rotatable bonds is 6. The highest BCUT2D eigenvalue weighted by Gasteiger charge is 2.24. The second kappa shape index (κ2) is 8.72. The van der Waals surface area contributed by atoms with Crippen LogP contribution in [0.15, 0.2) is 58.1 Å². The first kappa shape index (κ1) is 20.1. The topological polar surface area (TPSA) is 72.9 Å². The van der Waals surface area contributed by atoms with Crippen molar-refractivity contribution in [1.82, 2.24) is 25.0 Å². The number of halogens is 1. The first-order chi connectivity index (χ1) is 15.2. The smallest absolute Gasteiger partial charge is 0.247 e. The van der Waals surface area contributed by atoms with Gasteiger partial charge in [-0.15, -0.1) is 20.4 Å². The monoisotopic (exact) mass is 452 g/mol. The molecule has 0 amide bonds. The summed E-state index contributed by atoms with van der Waals surface area (Å²) in [6.45, 7) is 3.98. The van der Waals surface area contributed by atoms with Crippen LogP contribution in [-0.4, -0.2) is 38.1 Å². The van der Waals surface area contributed by atoms with Crippen molar-refractivity contribution < 1.29 is 4.42 Å². The minimum Gasteiger partial charge on any atom is -0.420 e. The van der Waals surface area contributed by atoms with E-state index >= 15 is 0 Å². The molecule has 0 bridgehead atoms. The Labute approximate surface area is 189 Å². The maximum Gasteiger partial charge on any atom is 0.247 e. The van der Waals surface area contributed by atoms with Crippen LogP contribution < -0.4 is 4.90 Å². The van der Waals surface area contributed by atoms with Gasteiger partial charge in [-0.25, -0.2) is 0 Å². The fourth-order valence-electron chi connectivity index (χ4n) is 3.65. The Balaban J connectivity index is 1.42. The van der Waals surface area contributed by atoms with Gasteiger partial charge in [0.2, 0.25) is 17.7 Å². The van der Waals surface area contributed by atoms with Crippen LogP contribution in [0.5, 0.6) is 0 Å². The predicted octanol–water partition coefficient (Wildman–Crippen LogP) is 5.17. The van der Waals surface area contributed by atoms with Crippen molar-refractivity contribution in [2.75, 3.05) is 18.0 Å². The van der Waals surface area contributed by atoms with Crippen molar-refractivity contribution in [3.8, 4) is 17.1 Å². The number of aryl methyl sites for hydroxylation is 1. The number of anilines is 1. The zero-order valence-electron chi connectivity index (χ0n) is 17.0. The van der Waals surface area contributed by atoms with Crippen molar-refractivity contribution in [3.05, 3.63) is 65.0 Å². The van der Waals surface area contributed by atoms with Crippen molar-refractivity contribution in [2.24, 2.45) is 0 Å². The van der Waals surface area contributed by atoms with Crippen LogP contribution in [0, 0.1) is 6.92 Å². The molecule has 3 heterocycles. The molecule has 9 heteroatoms. The third kappa shape index (κ3) is 4.18. The Kier molecular flexibility index (Phi) is 5.65. The third-order valence-corrected chi connectivity index (χ3v) is 6.39. The highest BCUT2D eigenvalue weighted by atomic mass is 35.5. The van der Waals surface area contributed by atoms with Crippen molar-refractivity contribution in [3.63, 3.8) is 0 Å². The van der Waals surface area contributed by atoms with E-state index < -0.39 is 0 Å². The number of hydrogen-bond donors (Lipinski definition) is 0. The lowest BCUT2D eigenvalue weighted by molar-refractivity contribution is 0.528. The van der Waals surface area contributed by atoms with Crippen LogP contribution >= 0.6 is 23.4 Å². The summed E-state index contributed by atoms with van der Waals surface area (Å²) >= 11 is 8.03. The molecule has 0 radical (unpaired) electrons. The molecule has 0 spiro atoms. The fourth-order valence-corrected chi connectivity index (χ4v) is 4.65. The second-order valence-corrected chi connectivity index (χ2v) is 8.77. The van der Waals surface area contributed by atoms with Gasteiger partial charge in [0.15, 0.2) is 5.16 Å². The molecule has 1 saturated heterocycles. The molecular weight excluding hydrogens is 432 g/mol. The zero-order chi connectivity index (χ0) is 21.2. The number of para-hydroxylation sites is 1. The maximum atomic E-state index is 6.52. The summed E-state index contributed by atoms with van der Waals surface area (Å²) in [5.74, 6) is 2.36. The first-order valence-corrected chi connectivity index (χ1v) is 11.5. The van der Waals surface area contributed by atoms with E-state index in [1.165, 1.54) is 11.8 Å². The summed E-state index contributed by atoms with van der Waals surface area (Å²) in [7, 11) is 0. The quantitative estimate of drug-likeness (QED) is 0.373. The first-order valence-electron chi connectivity index (χ1n) is 10.2. The molecule has 0 aliphatic carbocycles. The number of benzene rings is 2. The highest BCUT2D eigenvalue weighted by molar-refractivity contribution is 7.98. The maximum absolute atomic E-state index is 6.52. The number of aromatic nitrogens is 5. The normalized spacial score (nSPS) is 13.8. The Morgan fingerprint density at radius 2 is 1.84 bits per heavy atom. The lowest BCUT2D eigenvalue weighted by Gasteiger charge is -2.18. The van der Waals surface area contributed by atoms with Gasteiger partial charge >= 0.3 is 0 Å². The van der Waals surface area contributed by atoms with Crippen LogP contribution in [0.2, 0.25) is 5.02 Å². The molecular formula is C22H21ClN6OS. The second-order valence-electron chi connectivity index (χ2n) is 7.42. The average molecular weight is 453 g/mol. The molecule has 0 saturated carbocycles. The van der Waals surface area contributed by atoms with Gasteiger partial charge in [-0.05, 0) is 44.0 Å². The van der Waals surface area contributed by atoms with E-state index in [0.29, 0.717) is 22.6 Å². The lowest BCUT2D eigenvalue weighted by Crippen LogP contribution is -2.22. The Hall–Kier alpha value is -2.84. The van der Waals surface area contributed by atoms with E-state index in [0.717, 1.165) is 53.9 Å². The number of thioether (sulfide) groups is 1. The SMILES string of the molecule is Cc1cccc(-c2nnc(CSc3nnc(N4CCCC4)n3-c3ccccc3Cl)o2)c1. The van der Waals surface area contributed by atoms with E-state index in [2.05, 4.69) is 25.3 Å². The summed E-state index contributed by atoms with van der Waals surface area (Å²) in [5.41, 5.74) is 2.93. The van der Waals surface area contributed by atoms with Gasteiger partial charge in [-0.3, -0.25) is 4.57 Å². The van der Waals surface area contributed by atoms with Gasteiger partial charge in [0.1, 0.15) is 0 Å². The Morgan fingerprint density at radius 1 is 1.00 bits per heavy atom. The van der Waals surface area contributed by atoms with Crippen LogP contribution in [0.1, 0.15) is 24.3 Å². The van der Waals surface area contributed by atoms with Gasteiger partial charge in [-0.2, -0.15) is 0 Å². The molecule has 0 atom stereocenters. The van der Waals surface area contributed by atoms with Crippen LogP contribution in [0.4, 0.5) is 5.95 Å². The molecule has 0 N–H and O–H groups in total. The zero-order valence-corrected chi connectivity index (χ0v) is 18.6. The van der Waals surface area contributed by atoms with Crippen LogP contribution in [0.25, 0.3) is 17.1 Å². The van der Waals surface area contributed by atoms with Crippen LogP contribution in [-0.2, 0) is 5.75 Å². The minimum atomic E-state index is 0.488. The molecule has 158 valence electrons. The average Bonchev–Trinajstić information content (AvgIpc) is 3.53. The van der Waals surface area contributed by atoms with Gasteiger partial charge in [0.05, 0.1) is 16.5 Å². The van der Waals surface area contributed by atoms with E-state index in [4.69, 9.17) is 16.0 Å². The van der Waals surface area contributed by atoms with E-state index in [1.54, 1.807) is 0 Å². The lowest BCUT2D eigenvalue weighted by atomic mass is 10.1. The molecule has 4 aromatic rings. The summed E-state index contributed by atoms with van der Waals surface area (Å²) in [5, 5.41) is 18.7. The molecule has 1 fully saturated rings. The van der Waals surface area contributed by atoms with Gasteiger partial charge in [-0.1, -0.05) is 53.2 Å². The largest absolute Gasteiger partial charge is 0.420 e. The standard InChI is InChI=1S/C22H21ClN6OS/c1-15-7-6-8-16(13-15)20-25-24-19(30-20)14-31-22-27-26-21(28-11-4-5-12-28)29(22)18-10-3-2-9-17(18)23/h2-3,6-10,13H,4-5,11-12,14H2,1H3. The minimum absolute atomic E-state index is 0.488. The van der Waals surface area contributed by atoms with Crippen molar-refractivity contribution >= 4 is 29.3 Å². The van der Waals surface area contributed by atoms with E-state index in [9.17, 15) is 0 Å². The number of nitrogens with zero attached hydrogens (tertiary/aromatic N) is 6.